The number of benzene rings is 1. The Bertz CT molecular complexity index is 596. The maximum absolute atomic E-state index is 10.7. The van der Waals surface area contributed by atoms with Crippen molar-refractivity contribution in [2.75, 3.05) is 0 Å². The zero-order valence-corrected chi connectivity index (χ0v) is 9.14. The molecular formula is C13H12N2O2. The summed E-state index contributed by atoms with van der Waals surface area (Å²) >= 11 is 0. The molecule has 3 N–H and O–H groups in total. The Morgan fingerprint density at radius 2 is 2.24 bits per heavy atom. The molecule has 0 atom stereocenters. The van der Waals surface area contributed by atoms with Crippen LogP contribution in [0.1, 0.15) is 22.3 Å². The second-order valence-electron chi connectivity index (χ2n) is 3.74. The predicted octanol–water partition coefficient (Wildman–Crippen LogP) is 1.87. The number of hydrogen-bond donors (Lipinski definition) is 2. The summed E-state index contributed by atoms with van der Waals surface area (Å²) in [5.41, 5.74) is 7.53. The molecule has 2 rings (SSSR count). The number of fused-ring (bicyclic) bond motifs is 1. The highest BCUT2D eigenvalue weighted by molar-refractivity contribution is 5.97. The Morgan fingerprint density at radius 1 is 1.41 bits per heavy atom. The highest BCUT2D eigenvalue weighted by Crippen LogP contribution is 2.19. The van der Waals surface area contributed by atoms with Gasteiger partial charge in [0.2, 0.25) is 5.91 Å². The number of aromatic amines is 1. The van der Waals surface area contributed by atoms with E-state index in [4.69, 9.17) is 5.73 Å². The van der Waals surface area contributed by atoms with Gasteiger partial charge in [0.25, 0.3) is 0 Å². The van der Waals surface area contributed by atoms with E-state index < -0.39 is 0 Å². The molecule has 0 unspecified atom stereocenters. The molecule has 1 aromatic carbocycles. The van der Waals surface area contributed by atoms with Gasteiger partial charge in [0.15, 0.2) is 6.29 Å². The van der Waals surface area contributed by atoms with E-state index in [-0.39, 0.29) is 12.3 Å². The number of carbonyl (C=O) groups excluding carboxylic acids is 2. The molecule has 0 saturated heterocycles. The van der Waals surface area contributed by atoms with Gasteiger partial charge < -0.3 is 10.7 Å². The number of aldehydes is 1. The van der Waals surface area contributed by atoms with Crippen LogP contribution in [0.4, 0.5) is 0 Å². The Balaban J connectivity index is 2.29. The molecule has 0 radical (unpaired) electrons. The highest BCUT2D eigenvalue weighted by Gasteiger charge is 2.01. The smallest absolute Gasteiger partial charge is 0.221 e. The standard InChI is InChI=1S/C13H12N2O2/c14-13(17)3-1-2-9-4-5-11-10(8-16)7-15-12(11)6-9/h1-2,4-8,15H,3H2,(H2,14,17). The fraction of sp³-hybridized carbons (Fsp3) is 0.0769. The minimum Gasteiger partial charge on any atom is -0.369 e. The third kappa shape index (κ3) is 2.42. The fourth-order valence-electron chi connectivity index (χ4n) is 1.68. The lowest BCUT2D eigenvalue weighted by Gasteiger charge is -1.95. The summed E-state index contributed by atoms with van der Waals surface area (Å²) in [7, 11) is 0. The zero-order valence-electron chi connectivity index (χ0n) is 9.14. The SMILES string of the molecule is NC(=O)CC=Cc1ccc2c(C=O)c[nH]c2c1. The molecule has 1 heterocycles. The summed E-state index contributed by atoms with van der Waals surface area (Å²) in [4.78, 5) is 24.3. The first-order chi connectivity index (χ1) is 8.20. The summed E-state index contributed by atoms with van der Waals surface area (Å²) in [5, 5.41) is 0.895. The van der Waals surface area contributed by atoms with Gasteiger partial charge in [0.05, 0.1) is 0 Å². The van der Waals surface area contributed by atoms with E-state index in [1.807, 2.05) is 24.3 Å². The molecule has 0 spiro atoms. The molecule has 1 aromatic heterocycles. The Morgan fingerprint density at radius 3 is 2.94 bits per heavy atom. The first-order valence-corrected chi connectivity index (χ1v) is 5.22. The largest absolute Gasteiger partial charge is 0.369 e. The van der Waals surface area contributed by atoms with Crippen molar-refractivity contribution in [3.63, 3.8) is 0 Å². The van der Waals surface area contributed by atoms with Gasteiger partial charge in [0, 0.05) is 29.1 Å². The first-order valence-electron chi connectivity index (χ1n) is 5.22. The lowest BCUT2D eigenvalue weighted by molar-refractivity contribution is -0.117. The van der Waals surface area contributed by atoms with Crippen molar-refractivity contribution in [3.8, 4) is 0 Å². The quantitative estimate of drug-likeness (QED) is 0.784. The predicted molar refractivity (Wildman–Crippen MR) is 66.5 cm³/mol. The Hall–Kier alpha value is -2.36. The number of nitrogens with one attached hydrogen (secondary N) is 1. The normalized spacial score (nSPS) is 11.1. The van der Waals surface area contributed by atoms with Crippen molar-refractivity contribution in [2.24, 2.45) is 5.73 Å². The highest BCUT2D eigenvalue weighted by atomic mass is 16.1. The van der Waals surface area contributed by atoms with Crippen LogP contribution in [-0.4, -0.2) is 17.2 Å². The summed E-state index contributed by atoms with van der Waals surface area (Å²) in [5.74, 6) is -0.356. The van der Waals surface area contributed by atoms with E-state index in [1.165, 1.54) is 0 Å². The van der Waals surface area contributed by atoms with Gasteiger partial charge in [-0.3, -0.25) is 9.59 Å². The molecule has 17 heavy (non-hydrogen) atoms. The molecule has 4 nitrogen and oxygen atoms in total. The number of rotatable bonds is 4. The van der Waals surface area contributed by atoms with Gasteiger partial charge in [-0.15, -0.1) is 0 Å². The van der Waals surface area contributed by atoms with Gasteiger partial charge in [-0.1, -0.05) is 24.3 Å². The zero-order chi connectivity index (χ0) is 12.3. The maximum atomic E-state index is 10.7. The van der Waals surface area contributed by atoms with Crippen LogP contribution in [0.3, 0.4) is 0 Å². The van der Waals surface area contributed by atoms with Crippen LogP contribution in [0.5, 0.6) is 0 Å². The Kier molecular flexibility index (Phi) is 3.05. The van der Waals surface area contributed by atoms with Crippen molar-refractivity contribution in [3.05, 3.63) is 41.6 Å². The molecule has 4 heteroatoms. The topological polar surface area (TPSA) is 76.0 Å². The van der Waals surface area contributed by atoms with Crippen LogP contribution < -0.4 is 5.73 Å². The number of nitrogens with two attached hydrogens (primary N) is 1. The van der Waals surface area contributed by atoms with Gasteiger partial charge >= 0.3 is 0 Å². The molecule has 0 aliphatic rings. The van der Waals surface area contributed by atoms with Crippen molar-refractivity contribution in [1.29, 1.82) is 0 Å². The van der Waals surface area contributed by atoms with Crippen LogP contribution in [-0.2, 0) is 4.79 Å². The lowest BCUT2D eigenvalue weighted by Crippen LogP contribution is -2.07. The number of carbonyl (C=O) groups is 2. The molecule has 0 aliphatic carbocycles. The number of amides is 1. The average molecular weight is 228 g/mol. The number of H-pyrrole nitrogens is 1. The van der Waals surface area contributed by atoms with Crippen LogP contribution in [0.25, 0.3) is 17.0 Å². The maximum Gasteiger partial charge on any atom is 0.221 e. The molecule has 1 amide bonds. The van der Waals surface area contributed by atoms with Crippen LogP contribution in [0.2, 0.25) is 0 Å². The third-order valence-corrected chi connectivity index (χ3v) is 2.49. The number of aromatic nitrogens is 1. The van der Waals surface area contributed by atoms with Gasteiger partial charge in [0.1, 0.15) is 0 Å². The van der Waals surface area contributed by atoms with Crippen LogP contribution >= 0.6 is 0 Å². The minimum atomic E-state index is -0.356. The average Bonchev–Trinajstić information content (AvgIpc) is 2.70. The fourth-order valence-corrected chi connectivity index (χ4v) is 1.68. The number of primary amides is 1. The van der Waals surface area contributed by atoms with Gasteiger partial charge in [-0.2, -0.15) is 0 Å². The number of hydrogen-bond acceptors (Lipinski definition) is 2. The molecule has 2 aromatic rings. The van der Waals surface area contributed by atoms with E-state index >= 15 is 0 Å². The molecule has 86 valence electrons. The van der Waals surface area contributed by atoms with Crippen molar-refractivity contribution in [1.82, 2.24) is 4.98 Å². The summed E-state index contributed by atoms with van der Waals surface area (Å²) in [6.45, 7) is 0. The molecule has 0 bridgehead atoms. The molecule has 0 fully saturated rings. The van der Waals surface area contributed by atoms with Crippen LogP contribution in [0.15, 0.2) is 30.5 Å². The van der Waals surface area contributed by atoms with Crippen molar-refractivity contribution in [2.45, 2.75) is 6.42 Å². The minimum absolute atomic E-state index is 0.225. The first kappa shape index (κ1) is 11.1. The summed E-state index contributed by atoms with van der Waals surface area (Å²) < 4.78 is 0. The van der Waals surface area contributed by atoms with Crippen molar-refractivity contribution >= 4 is 29.2 Å². The lowest BCUT2D eigenvalue weighted by atomic mass is 10.1. The van der Waals surface area contributed by atoms with Crippen LogP contribution in [0, 0.1) is 0 Å². The van der Waals surface area contributed by atoms with E-state index in [9.17, 15) is 9.59 Å². The van der Waals surface area contributed by atoms with Gasteiger partial charge in [-0.05, 0) is 11.6 Å². The second kappa shape index (κ2) is 4.65. The monoisotopic (exact) mass is 228 g/mol. The molecule has 0 saturated carbocycles. The van der Waals surface area contributed by atoms with E-state index in [2.05, 4.69) is 4.98 Å². The molecule has 0 aliphatic heterocycles. The molecular weight excluding hydrogens is 216 g/mol. The van der Waals surface area contributed by atoms with E-state index in [1.54, 1.807) is 12.3 Å². The third-order valence-electron chi connectivity index (χ3n) is 2.49. The van der Waals surface area contributed by atoms with Gasteiger partial charge in [-0.25, -0.2) is 0 Å². The second-order valence-corrected chi connectivity index (χ2v) is 3.74. The van der Waals surface area contributed by atoms with Crippen molar-refractivity contribution < 1.29 is 9.59 Å². The summed E-state index contributed by atoms with van der Waals surface area (Å²) in [6.07, 6.45) is 6.26. The van der Waals surface area contributed by atoms with E-state index in [0.29, 0.717) is 5.56 Å². The Labute approximate surface area is 98.1 Å². The summed E-state index contributed by atoms with van der Waals surface area (Å²) in [6, 6.07) is 5.68. The van der Waals surface area contributed by atoms with E-state index in [0.717, 1.165) is 22.8 Å².